The van der Waals surface area contributed by atoms with E-state index in [1.807, 2.05) is 0 Å². The van der Waals surface area contributed by atoms with E-state index in [-0.39, 0.29) is 11.9 Å². The van der Waals surface area contributed by atoms with E-state index in [9.17, 15) is 4.39 Å². The third kappa shape index (κ3) is 3.53. The number of hydrogen-bond acceptors (Lipinski definition) is 5. The van der Waals surface area contributed by atoms with Gasteiger partial charge in [0.2, 0.25) is 0 Å². The second-order valence-electron chi connectivity index (χ2n) is 9.01. The van der Waals surface area contributed by atoms with Gasteiger partial charge in [-0.25, -0.2) is 9.37 Å². The number of benzene rings is 2. The minimum Gasteiger partial charge on any atom is -0.373 e. The van der Waals surface area contributed by atoms with Crippen molar-refractivity contribution in [3.63, 3.8) is 0 Å². The lowest BCUT2D eigenvalue weighted by molar-refractivity contribution is 0.00482. The first-order chi connectivity index (χ1) is 15.6. The highest BCUT2D eigenvalue weighted by molar-refractivity contribution is 5.93. The second kappa shape index (κ2) is 7.86. The number of hydrogen-bond donors (Lipinski definition) is 2. The van der Waals surface area contributed by atoms with Crippen LogP contribution < -0.4 is 4.90 Å². The molecule has 2 aliphatic heterocycles. The van der Waals surface area contributed by atoms with Crippen LogP contribution in [0.15, 0.2) is 36.4 Å². The number of H-pyrrole nitrogens is 2. The summed E-state index contributed by atoms with van der Waals surface area (Å²) in [5.41, 5.74) is 4.38. The third-order valence-corrected chi connectivity index (χ3v) is 6.71. The van der Waals surface area contributed by atoms with Gasteiger partial charge in [0, 0.05) is 30.2 Å². The summed E-state index contributed by atoms with van der Waals surface area (Å²) in [6.45, 7) is 7.22. The third-order valence-electron chi connectivity index (χ3n) is 6.71. The molecule has 32 heavy (non-hydrogen) atoms. The number of aromatic nitrogens is 4. The fraction of sp³-hybridized carbons (Fsp3) is 0.417. The standard InChI is InChI=1S/C24H27FN6O/c1-15-14-32-18(12-30-8-2-3-9-30)13-31(15)17-5-7-20-22(11-17)27-24(26-20)23-19-6-4-16(25)10-21(19)28-29-23/h4-7,10-11,15,18H,2-3,8-9,12-14H2,1H3,(H,26,27)(H,28,29)/t15-,18-/m0/s1. The number of fused-ring (bicyclic) bond motifs is 2. The van der Waals surface area contributed by atoms with Gasteiger partial charge in [-0.1, -0.05) is 0 Å². The molecule has 2 saturated heterocycles. The predicted octanol–water partition coefficient (Wildman–Crippen LogP) is 3.93. The Balaban J connectivity index is 1.28. The van der Waals surface area contributed by atoms with Crippen molar-refractivity contribution in [3.05, 3.63) is 42.2 Å². The molecule has 2 aromatic carbocycles. The van der Waals surface area contributed by atoms with Gasteiger partial charge in [0.05, 0.1) is 29.3 Å². The summed E-state index contributed by atoms with van der Waals surface area (Å²) in [5.74, 6) is 0.390. The smallest absolute Gasteiger partial charge is 0.159 e. The van der Waals surface area contributed by atoms with Crippen LogP contribution in [0, 0.1) is 5.82 Å². The molecule has 2 aromatic heterocycles. The average molecular weight is 435 g/mol. The number of aromatic amines is 2. The Morgan fingerprint density at radius 2 is 2.00 bits per heavy atom. The zero-order valence-electron chi connectivity index (χ0n) is 18.1. The number of anilines is 1. The molecule has 7 nitrogen and oxygen atoms in total. The Morgan fingerprint density at radius 3 is 2.88 bits per heavy atom. The van der Waals surface area contributed by atoms with Gasteiger partial charge in [0.25, 0.3) is 0 Å². The maximum absolute atomic E-state index is 13.5. The van der Waals surface area contributed by atoms with Crippen LogP contribution in [0.4, 0.5) is 10.1 Å². The molecule has 2 aliphatic rings. The van der Waals surface area contributed by atoms with Crippen molar-refractivity contribution in [2.24, 2.45) is 0 Å². The molecule has 0 aliphatic carbocycles. The van der Waals surface area contributed by atoms with E-state index in [4.69, 9.17) is 9.72 Å². The topological polar surface area (TPSA) is 73.1 Å². The number of nitrogens with one attached hydrogen (secondary N) is 2. The number of likely N-dealkylation sites (tertiary alicyclic amines) is 1. The molecule has 2 fully saturated rings. The summed E-state index contributed by atoms with van der Waals surface area (Å²) < 4.78 is 19.7. The summed E-state index contributed by atoms with van der Waals surface area (Å²) in [6.07, 6.45) is 2.82. The summed E-state index contributed by atoms with van der Waals surface area (Å²) in [7, 11) is 0. The first-order valence-electron chi connectivity index (χ1n) is 11.4. The van der Waals surface area contributed by atoms with Crippen LogP contribution in [0.25, 0.3) is 33.5 Å². The summed E-state index contributed by atoms with van der Waals surface area (Å²) in [4.78, 5) is 13.1. The Hall–Kier alpha value is -2.97. The Morgan fingerprint density at radius 1 is 1.12 bits per heavy atom. The van der Waals surface area contributed by atoms with E-state index in [2.05, 4.69) is 50.1 Å². The van der Waals surface area contributed by atoms with Crippen LogP contribution in [0.1, 0.15) is 19.8 Å². The van der Waals surface area contributed by atoms with Gasteiger partial charge in [0.1, 0.15) is 11.5 Å². The van der Waals surface area contributed by atoms with Crippen LogP contribution in [-0.4, -0.2) is 70.0 Å². The maximum Gasteiger partial charge on any atom is 0.159 e. The van der Waals surface area contributed by atoms with Crippen LogP contribution in [0.3, 0.4) is 0 Å². The van der Waals surface area contributed by atoms with Crippen LogP contribution in [0.2, 0.25) is 0 Å². The van der Waals surface area contributed by atoms with Crippen LogP contribution in [-0.2, 0) is 4.74 Å². The van der Waals surface area contributed by atoms with Gasteiger partial charge in [-0.2, -0.15) is 5.10 Å². The quantitative estimate of drug-likeness (QED) is 0.509. The summed E-state index contributed by atoms with van der Waals surface area (Å²) in [5, 5.41) is 8.11. The predicted molar refractivity (Wildman–Crippen MR) is 123 cm³/mol. The molecule has 8 heteroatoms. The molecule has 0 unspecified atom stereocenters. The van der Waals surface area contributed by atoms with E-state index in [1.165, 1.54) is 43.8 Å². The van der Waals surface area contributed by atoms with Crippen molar-refractivity contribution in [2.75, 3.05) is 37.7 Å². The van der Waals surface area contributed by atoms with Gasteiger partial charge in [0.15, 0.2) is 5.82 Å². The number of nitrogens with zero attached hydrogens (tertiary/aromatic N) is 4. The molecule has 4 aromatic rings. The zero-order valence-corrected chi connectivity index (χ0v) is 18.1. The van der Waals surface area contributed by atoms with E-state index in [0.29, 0.717) is 23.1 Å². The average Bonchev–Trinajstić information content (AvgIpc) is 3.53. The molecule has 0 radical (unpaired) electrons. The van der Waals surface area contributed by atoms with Crippen molar-refractivity contribution in [1.29, 1.82) is 0 Å². The number of morpholine rings is 1. The SMILES string of the molecule is C[C@H]1CO[C@@H](CN2CCCC2)CN1c1ccc2nc(-c3n[nH]c4cc(F)ccc34)[nH]c2c1. The first kappa shape index (κ1) is 19.7. The molecule has 0 bridgehead atoms. The van der Waals surface area contributed by atoms with Crippen molar-refractivity contribution in [3.8, 4) is 11.5 Å². The van der Waals surface area contributed by atoms with E-state index < -0.39 is 0 Å². The molecule has 4 heterocycles. The van der Waals surface area contributed by atoms with E-state index >= 15 is 0 Å². The second-order valence-corrected chi connectivity index (χ2v) is 9.01. The largest absolute Gasteiger partial charge is 0.373 e. The highest BCUT2D eigenvalue weighted by Crippen LogP contribution is 2.30. The lowest BCUT2D eigenvalue weighted by atomic mass is 10.1. The highest BCUT2D eigenvalue weighted by atomic mass is 19.1. The monoisotopic (exact) mass is 434 g/mol. The Bertz CT molecular complexity index is 1260. The minimum atomic E-state index is -0.287. The van der Waals surface area contributed by atoms with Gasteiger partial charge < -0.3 is 19.5 Å². The fourth-order valence-electron chi connectivity index (χ4n) is 5.00. The number of halogens is 1. The van der Waals surface area contributed by atoms with Crippen molar-refractivity contribution in [2.45, 2.75) is 31.9 Å². The number of rotatable bonds is 4. The van der Waals surface area contributed by atoms with Crippen molar-refractivity contribution >= 4 is 27.6 Å². The van der Waals surface area contributed by atoms with Crippen LogP contribution >= 0.6 is 0 Å². The molecular formula is C24H27FN6O. The molecule has 6 rings (SSSR count). The Kier molecular flexibility index (Phi) is 4.84. The molecule has 0 saturated carbocycles. The van der Waals surface area contributed by atoms with Gasteiger partial charge >= 0.3 is 0 Å². The molecule has 166 valence electrons. The van der Waals surface area contributed by atoms with Gasteiger partial charge in [-0.3, -0.25) is 5.10 Å². The lowest BCUT2D eigenvalue weighted by Gasteiger charge is -2.40. The van der Waals surface area contributed by atoms with Crippen molar-refractivity contribution in [1.82, 2.24) is 25.1 Å². The lowest BCUT2D eigenvalue weighted by Crippen LogP contribution is -2.51. The summed E-state index contributed by atoms with van der Waals surface area (Å²) in [6, 6.07) is 11.3. The molecule has 2 atom stereocenters. The molecular weight excluding hydrogens is 407 g/mol. The normalized spacial score (nSPS) is 22.4. The number of imidazole rings is 1. The van der Waals surface area contributed by atoms with Crippen molar-refractivity contribution < 1.29 is 9.13 Å². The van der Waals surface area contributed by atoms with Gasteiger partial charge in [-0.05, 0) is 69.3 Å². The zero-order chi connectivity index (χ0) is 21.7. The molecule has 0 spiro atoms. The minimum absolute atomic E-state index is 0.230. The first-order valence-corrected chi connectivity index (χ1v) is 11.4. The molecule has 2 N–H and O–H groups in total. The number of ether oxygens (including phenoxy) is 1. The van der Waals surface area contributed by atoms with E-state index in [1.54, 1.807) is 6.07 Å². The Labute approximate surface area is 185 Å². The van der Waals surface area contributed by atoms with Crippen LogP contribution in [0.5, 0.6) is 0 Å². The van der Waals surface area contributed by atoms with Gasteiger partial charge in [-0.15, -0.1) is 0 Å². The highest BCUT2D eigenvalue weighted by Gasteiger charge is 2.28. The summed E-state index contributed by atoms with van der Waals surface area (Å²) >= 11 is 0. The fourth-order valence-corrected chi connectivity index (χ4v) is 5.00. The maximum atomic E-state index is 13.5. The molecule has 0 amide bonds. The van der Waals surface area contributed by atoms with E-state index in [0.717, 1.165) is 36.1 Å².